The number of aromatic nitrogens is 4. The first-order chi connectivity index (χ1) is 11.5. The summed E-state index contributed by atoms with van der Waals surface area (Å²) in [5.74, 6) is 1.02. The highest BCUT2D eigenvalue weighted by Gasteiger charge is 2.13. The molecule has 0 amide bonds. The van der Waals surface area contributed by atoms with Crippen molar-refractivity contribution in [2.75, 3.05) is 5.32 Å². The molecule has 0 unspecified atom stereocenters. The van der Waals surface area contributed by atoms with Crippen molar-refractivity contribution in [3.63, 3.8) is 0 Å². The molecule has 1 aromatic carbocycles. The van der Waals surface area contributed by atoms with Gasteiger partial charge in [-0.3, -0.25) is 0 Å². The minimum Gasteiger partial charge on any atom is -0.350 e. The molecule has 0 aliphatic rings. The Morgan fingerprint density at radius 3 is 2.33 bits per heavy atom. The van der Waals surface area contributed by atoms with Crippen LogP contribution >= 0.6 is 0 Å². The molecule has 0 spiro atoms. The minimum atomic E-state index is 0.354. The highest BCUT2D eigenvalue weighted by Crippen LogP contribution is 2.20. The molecule has 124 valence electrons. The Labute approximate surface area is 142 Å². The van der Waals surface area contributed by atoms with Gasteiger partial charge in [0.15, 0.2) is 0 Å². The third-order valence-electron chi connectivity index (χ3n) is 3.81. The summed E-state index contributed by atoms with van der Waals surface area (Å²) in [5, 5.41) is 8.09. The zero-order valence-corrected chi connectivity index (χ0v) is 14.6. The van der Waals surface area contributed by atoms with Crippen molar-refractivity contribution in [1.82, 2.24) is 19.7 Å². The van der Waals surface area contributed by atoms with Gasteiger partial charge in [0.25, 0.3) is 0 Å². The zero-order valence-electron chi connectivity index (χ0n) is 14.6. The lowest BCUT2D eigenvalue weighted by Gasteiger charge is -2.08. The molecule has 0 fully saturated rings. The van der Waals surface area contributed by atoms with E-state index in [4.69, 9.17) is 5.10 Å². The molecule has 0 aliphatic heterocycles. The number of rotatable bonds is 5. The lowest BCUT2D eigenvalue weighted by molar-refractivity contribution is 0.763. The number of benzene rings is 1. The molecule has 5 heteroatoms. The number of hydrogen-bond acceptors (Lipinski definition) is 4. The smallest absolute Gasteiger partial charge is 0.223 e. The van der Waals surface area contributed by atoms with Crippen molar-refractivity contribution in [1.29, 1.82) is 0 Å². The van der Waals surface area contributed by atoms with Gasteiger partial charge in [-0.2, -0.15) is 5.10 Å². The van der Waals surface area contributed by atoms with E-state index < -0.39 is 0 Å². The summed E-state index contributed by atoms with van der Waals surface area (Å²) in [5.41, 5.74) is 5.25. The molecule has 5 nitrogen and oxygen atoms in total. The van der Waals surface area contributed by atoms with Gasteiger partial charge in [-0.05, 0) is 38.0 Å². The van der Waals surface area contributed by atoms with Crippen molar-refractivity contribution in [3.8, 4) is 5.69 Å². The van der Waals surface area contributed by atoms with Gasteiger partial charge in [0.05, 0.1) is 11.4 Å². The van der Waals surface area contributed by atoms with Gasteiger partial charge < -0.3 is 5.32 Å². The van der Waals surface area contributed by atoms with Crippen LogP contribution in [0.2, 0.25) is 0 Å². The topological polar surface area (TPSA) is 55.6 Å². The summed E-state index contributed by atoms with van der Waals surface area (Å²) < 4.78 is 1.94. The maximum absolute atomic E-state index is 4.76. The van der Waals surface area contributed by atoms with Crippen LogP contribution in [0.5, 0.6) is 0 Å². The fourth-order valence-corrected chi connectivity index (χ4v) is 2.74. The molecule has 3 rings (SSSR count). The van der Waals surface area contributed by atoms with Crippen LogP contribution in [-0.4, -0.2) is 19.7 Å². The van der Waals surface area contributed by atoms with Crippen molar-refractivity contribution >= 4 is 5.95 Å². The fourth-order valence-electron chi connectivity index (χ4n) is 2.74. The Morgan fingerprint density at radius 2 is 1.71 bits per heavy atom. The summed E-state index contributed by atoms with van der Waals surface area (Å²) in [6, 6.07) is 12.1. The lowest BCUT2D eigenvalue weighted by Crippen LogP contribution is -2.06. The SMILES string of the molecule is Cc1cc(C)nc(NCc2cn(-c3ccccc3)nc2C(C)C)n1. The molecule has 0 saturated carbocycles. The van der Waals surface area contributed by atoms with Gasteiger partial charge in [0, 0.05) is 29.7 Å². The number of anilines is 1. The van der Waals surface area contributed by atoms with Crippen LogP contribution in [0.1, 0.15) is 42.4 Å². The number of nitrogens with one attached hydrogen (secondary N) is 1. The van der Waals surface area contributed by atoms with Crippen LogP contribution in [-0.2, 0) is 6.54 Å². The predicted molar refractivity (Wildman–Crippen MR) is 96.5 cm³/mol. The zero-order chi connectivity index (χ0) is 17.1. The molecule has 2 aromatic heterocycles. The summed E-state index contributed by atoms with van der Waals surface area (Å²) in [6.07, 6.45) is 2.08. The molecule has 0 radical (unpaired) electrons. The Bertz CT molecular complexity index is 801. The first-order valence-corrected chi connectivity index (χ1v) is 8.23. The van der Waals surface area contributed by atoms with Crippen LogP contribution in [0.4, 0.5) is 5.95 Å². The summed E-state index contributed by atoms with van der Waals surface area (Å²) in [6.45, 7) is 8.94. The number of hydrogen-bond donors (Lipinski definition) is 1. The van der Waals surface area contributed by atoms with Gasteiger partial charge in [-0.25, -0.2) is 14.6 Å². The van der Waals surface area contributed by atoms with Gasteiger partial charge in [0.1, 0.15) is 0 Å². The molecular weight excluding hydrogens is 298 g/mol. The average molecular weight is 321 g/mol. The van der Waals surface area contributed by atoms with E-state index >= 15 is 0 Å². The minimum absolute atomic E-state index is 0.354. The van der Waals surface area contributed by atoms with E-state index in [0.717, 1.165) is 28.3 Å². The van der Waals surface area contributed by atoms with Crippen molar-refractivity contribution in [2.45, 2.75) is 40.2 Å². The van der Waals surface area contributed by atoms with Gasteiger partial charge >= 0.3 is 0 Å². The van der Waals surface area contributed by atoms with Gasteiger partial charge in [-0.1, -0.05) is 32.0 Å². The van der Waals surface area contributed by atoms with Crippen molar-refractivity contribution in [3.05, 3.63) is 65.2 Å². The predicted octanol–water partition coefficient (Wildman–Crippen LogP) is 4.01. The number of para-hydroxylation sites is 1. The molecule has 0 bridgehead atoms. The molecule has 3 aromatic rings. The Kier molecular flexibility index (Phi) is 4.60. The van der Waals surface area contributed by atoms with Crippen LogP contribution in [0, 0.1) is 13.8 Å². The normalized spacial score (nSPS) is 11.0. The van der Waals surface area contributed by atoms with Gasteiger partial charge in [0.2, 0.25) is 5.95 Å². The second kappa shape index (κ2) is 6.83. The largest absolute Gasteiger partial charge is 0.350 e. The highest BCUT2D eigenvalue weighted by molar-refractivity contribution is 5.36. The molecule has 0 atom stereocenters. The van der Waals surface area contributed by atoms with E-state index in [2.05, 4.69) is 47.5 Å². The third kappa shape index (κ3) is 3.62. The molecule has 1 N–H and O–H groups in total. The van der Waals surface area contributed by atoms with Crippen molar-refractivity contribution < 1.29 is 0 Å². The maximum atomic E-state index is 4.76. The van der Waals surface area contributed by atoms with E-state index in [-0.39, 0.29) is 0 Å². The highest BCUT2D eigenvalue weighted by atomic mass is 15.3. The standard InChI is InChI=1S/C19H23N5/c1-13(2)18-16(11-20-19-21-14(3)10-15(4)22-19)12-24(23-18)17-8-6-5-7-9-17/h5-10,12-13H,11H2,1-4H3,(H,20,21,22). The van der Waals surface area contributed by atoms with Crippen LogP contribution in [0.15, 0.2) is 42.6 Å². The first-order valence-electron chi connectivity index (χ1n) is 8.23. The Balaban J connectivity index is 1.85. The lowest BCUT2D eigenvalue weighted by atomic mass is 10.1. The third-order valence-corrected chi connectivity index (χ3v) is 3.81. The Hall–Kier alpha value is -2.69. The summed E-state index contributed by atoms with van der Waals surface area (Å²) in [7, 11) is 0. The van der Waals surface area contributed by atoms with E-state index in [1.165, 1.54) is 0 Å². The summed E-state index contributed by atoms with van der Waals surface area (Å²) in [4.78, 5) is 8.88. The van der Waals surface area contributed by atoms with Crippen molar-refractivity contribution in [2.24, 2.45) is 0 Å². The van der Waals surface area contributed by atoms with Crippen LogP contribution in [0.25, 0.3) is 5.69 Å². The number of aryl methyl sites for hydroxylation is 2. The van der Waals surface area contributed by atoms with E-state index in [1.807, 2.05) is 42.8 Å². The quantitative estimate of drug-likeness (QED) is 0.771. The molecule has 24 heavy (non-hydrogen) atoms. The molecule has 0 aliphatic carbocycles. The first kappa shape index (κ1) is 16.2. The monoisotopic (exact) mass is 321 g/mol. The average Bonchev–Trinajstić information content (AvgIpc) is 2.97. The molecule has 2 heterocycles. The van der Waals surface area contributed by atoms with E-state index in [1.54, 1.807) is 0 Å². The van der Waals surface area contributed by atoms with Gasteiger partial charge in [-0.15, -0.1) is 0 Å². The Morgan fingerprint density at radius 1 is 1.04 bits per heavy atom. The van der Waals surface area contributed by atoms with E-state index in [0.29, 0.717) is 18.4 Å². The second-order valence-electron chi connectivity index (χ2n) is 6.30. The van der Waals surface area contributed by atoms with E-state index in [9.17, 15) is 0 Å². The molecule has 0 saturated heterocycles. The van der Waals surface area contributed by atoms with Crippen LogP contribution in [0.3, 0.4) is 0 Å². The fraction of sp³-hybridized carbons (Fsp3) is 0.316. The maximum Gasteiger partial charge on any atom is 0.223 e. The summed E-state index contributed by atoms with van der Waals surface area (Å²) >= 11 is 0. The van der Waals surface area contributed by atoms with Crippen LogP contribution < -0.4 is 5.32 Å². The number of nitrogens with zero attached hydrogens (tertiary/aromatic N) is 4. The molecular formula is C19H23N5. The second-order valence-corrected chi connectivity index (χ2v) is 6.30.